The van der Waals surface area contributed by atoms with Gasteiger partial charge < -0.3 is 4.57 Å². The molecule has 2 atom stereocenters. The zero-order valence-electron chi connectivity index (χ0n) is 12.6. The highest BCUT2D eigenvalue weighted by Crippen LogP contribution is 2.31. The summed E-state index contributed by atoms with van der Waals surface area (Å²) in [6, 6.07) is 1.99. The minimum absolute atomic E-state index is 0.129. The van der Waals surface area contributed by atoms with Gasteiger partial charge in [0, 0.05) is 17.2 Å². The van der Waals surface area contributed by atoms with Crippen LogP contribution in [-0.4, -0.2) is 14.5 Å². The van der Waals surface area contributed by atoms with Gasteiger partial charge in [-0.05, 0) is 40.3 Å². The van der Waals surface area contributed by atoms with E-state index in [0.29, 0.717) is 5.92 Å². The van der Waals surface area contributed by atoms with Gasteiger partial charge in [-0.15, -0.1) is 11.6 Å². The number of hydrogen-bond acceptors (Lipinski definition) is 2. The smallest absolute Gasteiger partial charge is 0.160 e. The van der Waals surface area contributed by atoms with Gasteiger partial charge in [0.25, 0.3) is 0 Å². The zero-order valence-corrected chi connectivity index (χ0v) is 15.0. The fraction of sp³-hybridized carbons (Fsp3) is 0.600. The number of alkyl halides is 1. The molecule has 0 spiro atoms. The minimum Gasteiger partial charge on any atom is -0.311 e. The molecule has 2 heterocycles. The van der Waals surface area contributed by atoms with Crippen LogP contribution in [0.1, 0.15) is 45.8 Å². The van der Waals surface area contributed by atoms with E-state index in [4.69, 9.17) is 11.6 Å². The Labute approximate surface area is 133 Å². The van der Waals surface area contributed by atoms with E-state index < -0.39 is 0 Å². The minimum atomic E-state index is -0.129. The van der Waals surface area contributed by atoms with Crippen LogP contribution in [0.5, 0.6) is 0 Å². The van der Waals surface area contributed by atoms with Crippen LogP contribution in [0.15, 0.2) is 16.7 Å². The summed E-state index contributed by atoms with van der Waals surface area (Å²) in [7, 11) is 0. The molecule has 0 amide bonds. The molecule has 2 aromatic heterocycles. The third-order valence-corrected chi connectivity index (χ3v) is 4.50. The lowest BCUT2D eigenvalue weighted by atomic mass is 9.82. The number of nitrogens with zero attached hydrogens (tertiary/aromatic N) is 3. The van der Waals surface area contributed by atoms with E-state index in [2.05, 4.69) is 58.2 Å². The van der Waals surface area contributed by atoms with Crippen LogP contribution in [0, 0.1) is 11.3 Å². The Hall–Kier alpha value is -0.610. The van der Waals surface area contributed by atoms with Gasteiger partial charge in [-0.25, -0.2) is 9.97 Å². The molecule has 0 aromatic carbocycles. The topological polar surface area (TPSA) is 30.7 Å². The van der Waals surface area contributed by atoms with Crippen molar-refractivity contribution in [3.05, 3.63) is 22.6 Å². The SMILES string of the molecule is CC(Cl)c1nc2cc(Br)cnc2n1CC(C)C(C)(C)C. The number of fused-ring (bicyclic) bond motifs is 1. The van der Waals surface area contributed by atoms with Crippen molar-refractivity contribution in [2.75, 3.05) is 0 Å². The number of aromatic nitrogens is 3. The quantitative estimate of drug-likeness (QED) is 0.708. The van der Waals surface area contributed by atoms with Crippen molar-refractivity contribution in [2.24, 2.45) is 11.3 Å². The number of rotatable bonds is 3. The average molecular weight is 359 g/mol. The van der Waals surface area contributed by atoms with Gasteiger partial charge in [-0.2, -0.15) is 0 Å². The molecule has 0 aliphatic heterocycles. The van der Waals surface area contributed by atoms with Crippen molar-refractivity contribution in [3.63, 3.8) is 0 Å². The molecule has 110 valence electrons. The highest BCUT2D eigenvalue weighted by atomic mass is 79.9. The number of imidazole rings is 1. The Morgan fingerprint density at radius 2 is 2.00 bits per heavy atom. The molecular formula is C15H21BrClN3. The van der Waals surface area contributed by atoms with E-state index in [1.165, 1.54) is 0 Å². The summed E-state index contributed by atoms with van der Waals surface area (Å²) in [5.74, 6) is 1.39. The predicted octanol–water partition coefficient (Wildman–Crippen LogP) is 5.18. The standard InChI is InChI=1S/C15H21BrClN3/c1-9(15(3,4)5)8-20-13(10(2)17)19-12-6-11(16)7-18-14(12)20/h6-7,9-10H,8H2,1-5H3. The first-order valence-corrected chi connectivity index (χ1v) is 8.09. The maximum absolute atomic E-state index is 6.29. The average Bonchev–Trinajstić information content (AvgIpc) is 2.66. The van der Waals surface area contributed by atoms with Crippen molar-refractivity contribution in [3.8, 4) is 0 Å². The fourth-order valence-corrected chi connectivity index (χ4v) is 2.52. The van der Waals surface area contributed by atoms with Crippen LogP contribution in [-0.2, 0) is 6.54 Å². The van der Waals surface area contributed by atoms with E-state index in [1.54, 1.807) is 0 Å². The van der Waals surface area contributed by atoms with E-state index in [9.17, 15) is 0 Å². The van der Waals surface area contributed by atoms with Crippen LogP contribution in [0.3, 0.4) is 0 Å². The number of hydrogen-bond donors (Lipinski definition) is 0. The van der Waals surface area contributed by atoms with Gasteiger partial charge in [0.05, 0.1) is 5.38 Å². The van der Waals surface area contributed by atoms with E-state index in [1.807, 2.05) is 19.2 Å². The number of pyridine rings is 1. The van der Waals surface area contributed by atoms with Crippen LogP contribution in [0.2, 0.25) is 0 Å². The summed E-state index contributed by atoms with van der Waals surface area (Å²) in [4.78, 5) is 9.16. The van der Waals surface area contributed by atoms with Crippen LogP contribution < -0.4 is 0 Å². The molecule has 0 aliphatic carbocycles. The Kier molecular flexibility index (Phi) is 4.45. The molecule has 5 heteroatoms. The van der Waals surface area contributed by atoms with Gasteiger partial charge in [0.15, 0.2) is 5.65 Å². The molecule has 0 bridgehead atoms. The van der Waals surface area contributed by atoms with Gasteiger partial charge in [0.2, 0.25) is 0 Å². The van der Waals surface area contributed by atoms with Crippen LogP contribution in [0.25, 0.3) is 11.2 Å². The third-order valence-electron chi connectivity index (χ3n) is 3.87. The van der Waals surface area contributed by atoms with Gasteiger partial charge in [0.1, 0.15) is 11.3 Å². The zero-order chi connectivity index (χ0) is 15.1. The molecule has 0 N–H and O–H groups in total. The first kappa shape index (κ1) is 15.8. The lowest BCUT2D eigenvalue weighted by Crippen LogP contribution is -2.23. The molecule has 0 saturated heterocycles. The van der Waals surface area contributed by atoms with Crippen LogP contribution >= 0.6 is 27.5 Å². The van der Waals surface area contributed by atoms with E-state index in [-0.39, 0.29) is 10.8 Å². The van der Waals surface area contributed by atoms with E-state index in [0.717, 1.165) is 28.0 Å². The molecule has 0 saturated carbocycles. The Morgan fingerprint density at radius 1 is 1.35 bits per heavy atom. The summed E-state index contributed by atoms with van der Waals surface area (Å²) >= 11 is 9.74. The van der Waals surface area contributed by atoms with Crippen molar-refractivity contribution >= 4 is 38.7 Å². The first-order chi connectivity index (χ1) is 9.20. The highest BCUT2D eigenvalue weighted by Gasteiger charge is 2.24. The summed E-state index contributed by atoms with van der Waals surface area (Å²) < 4.78 is 3.10. The summed E-state index contributed by atoms with van der Waals surface area (Å²) in [6.07, 6.45) is 1.81. The van der Waals surface area contributed by atoms with E-state index >= 15 is 0 Å². The molecule has 0 fully saturated rings. The molecule has 2 unspecified atom stereocenters. The van der Waals surface area contributed by atoms with Crippen LogP contribution in [0.4, 0.5) is 0 Å². The summed E-state index contributed by atoms with van der Waals surface area (Å²) in [5, 5.41) is -0.129. The second kappa shape index (κ2) is 5.64. The highest BCUT2D eigenvalue weighted by molar-refractivity contribution is 9.10. The first-order valence-electron chi connectivity index (χ1n) is 6.86. The van der Waals surface area contributed by atoms with Gasteiger partial charge in [-0.1, -0.05) is 27.7 Å². The molecule has 2 aromatic rings. The Bertz CT molecular complexity index is 613. The molecule has 20 heavy (non-hydrogen) atoms. The maximum atomic E-state index is 6.29. The number of halogens is 2. The molecule has 0 aliphatic rings. The van der Waals surface area contributed by atoms with Crippen molar-refractivity contribution < 1.29 is 0 Å². The fourth-order valence-electron chi connectivity index (χ4n) is 2.04. The largest absolute Gasteiger partial charge is 0.311 e. The predicted molar refractivity (Wildman–Crippen MR) is 88.1 cm³/mol. The third kappa shape index (κ3) is 3.17. The molecular weight excluding hydrogens is 338 g/mol. The molecule has 2 rings (SSSR count). The van der Waals surface area contributed by atoms with Gasteiger partial charge >= 0.3 is 0 Å². The summed E-state index contributed by atoms with van der Waals surface area (Å²) in [5.41, 5.74) is 2.04. The lowest BCUT2D eigenvalue weighted by Gasteiger charge is -2.28. The van der Waals surface area contributed by atoms with Gasteiger partial charge in [-0.3, -0.25) is 0 Å². The monoisotopic (exact) mass is 357 g/mol. The normalized spacial score (nSPS) is 15.6. The Balaban J connectivity index is 2.52. The van der Waals surface area contributed by atoms with Crippen molar-refractivity contribution in [2.45, 2.75) is 46.5 Å². The summed E-state index contributed by atoms with van der Waals surface area (Å²) in [6.45, 7) is 11.9. The maximum Gasteiger partial charge on any atom is 0.160 e. The Morgan fingerprint density at radius 3 is 2.55 bits per heavy atom. The molecule has 0 radical (unpaired) electrons. The lowest BCUT2D eigenvalue weighted by molar-refractivity contribution is 0.232. The molecule has 3 nitrogen and oxygen atoms in total. The second-order valence-corrected chi connectivity index (χ2v) is 8.03. The second-order valence-electron chi connectivity index (χ2n) is 6.46. The van der Waals surface area contributed by atoms with Crippen molar-refractivity contribution in [1.29, 1.82) is 0 Å². The van der Waals surface area contributed by atoms with Crippen molar-refractivity contribution in [1.82, 2.24) is 14.5 Å².